The molecule has 47 heavy (non-hydrogen) atoms. The Morgan fingerprint density at radius 3 is 2.09 bits per heavy atom. The molecule has 1 aliphatic heterocycles. The summed E-state index contributed by atoms with van der Waals surface area (Å²) >= 11 is 0. The second kappa shape index (κ2) is 14.1. The van der Waals surface area contributed by atoms with Gasteiger partial charge in [0, 0.05) is 63.5 Å². The van der Waals surface area contributed by atoms with Crippen molar-refractivity contribution in [3.05, 3.63) is 88.0 Å². The lowest BCUT2D eigenvalue weighted by atomic mass is 9.88. The molecule has 1 unspecified atom stereocenters. The van der Waals surface area contributed by atoms with Crippen LogP contribution in [0, 0.1) is 16.0 Å². The molecule has 2 heterocycles. The van der Waals surface area contributed by atoms with E-state index in [0.29, 0.717) is 29.0 Å². The fourth-order valence-electron chi connectivity index (χ4n) is 7.40. The van der Waals surface area contributed by atoms with Crippen molar-refractivity contribution in [2.45, 2.75) is 91.5 Å². The third-order valence-electron chi connectivity index (χ3n) is 10.1. The second-order valence-electron chi connectivity index (χ2n) is 13.1. The van der Waals surface area contributed by atoms with Gasteiger partial charge in [0.2, 0.25) is 0 Å². The number of carbonyl (C=O) groups excluding carboxylic acids is 2. The van der Waals surface area contributed by atoms with Gasteiger partial charge in [-0.2, -0.15) is 0 Å². The Morgan fingerprint density at radius 2 is 1.36 bits per heavy atom. The predicted octanol–water partition coefficient (Wildman–Crippen LogP) is 10.7. The van der Waals surface area contributed by atoms with Crippen molar-refractivity contribution in [3.63, 3.8) is 0 Å². The van der Waals surface area contributed by atoms with Gasteiger partial charge in [0.25, 0.3) is 17.5 Å². The van der Waals surface area contributed by atoms with Crippen LogP contribution in [0.4, 0.5) is 5.69 Å². The van der Waals surface area contributed by atoms with Crippen LogP contribution in [0.3, 0.4) is 0 Å². The summed E-state index contributed by atoms with van der Waals surface area (Å²) < 4.78 is 2.33. The summed E-state index contributed by atoms with van der Waals surface area (Å²) in [7, 11) is 0. The number of hydrogen-bond donors (Lipinski definition) is 0. The molecule has 1 aliphatic rings. The summed E-state index contributed by atoms with van der Waals surface area (Å²) in [5.41, 5.74) is 5.13. The topological polar surface area (TPSA) is 85.4 Å². The number of aromatic nitrogens is 1. The zero-order valence-corrected chi connectivity index (χ0v) is 27.9. The molecule has 2 amide bonds. The molecule has 7 nitrogen and oxygen atoms in total. The highest BCUT2D eigenvalue weighted by molar-refractivity contribution is 6.27. The van der Waals surface area contributed by atoms with Crippen LogP contribution < -0.4 is 0 Å². The van der Waals surface area contributed by atoms with Gasteiger partial charge in [-0.15, -0.1) is 0 Å². The third-order valence-corrected chi connectivity index (χ3v) is 10.1. The van der Waals surface area contributed by atoms with Crippen molar-refractivity contribution in [1.29, 1.82) is 0 Å². The molecule has 5 aromatic rings. The van der Waals surface area contributed by atoms with Gasteiger partial charge < -0.3 is 4.57 Å². The molecule has 0 fully saturated rings. The Bertz CT molecular complexity index is 1950. The number of amides is 2. The van der Waals surface area contributed by atoms with Gasteiger partial charge in [-0.3, -0.25) is 24.6 Å². The van der Waals surface area contributed by atoms with E-state index < -0.39 is 0 Å². The van der Waals surface area contributed by atoms with Crippen LogP contribution >= 0.6 is 0 Å². The van der Waals surface area contributed by atoms with E-state index in [4.69, 9.17) is 0 Å². The molecule has 6 rings (SSSR count). The Morgan fingerprint density at radius 1 is 0.702 bits per heavy atom. The minimum atomic E-state index is -0.335. The van der Waals surface area contributed by atoms with Crippen LogP contribution in [0.25, 0.3) is 43.7 Å². The summed E-state index contributed by atoms with van der Waals surface area (Å²) in [6.07, 6.45) is 11.1. The fraction of sp³-hybridized carbons (Fsp3) is 0.400. The van der Waals surface area contributed by atoms with Gasteiger partial charge in [0.05, 0.1) is 4.92 Å². The largest absolute Gasteiger partial charge is 0.340 e. The maximum Gasteiger partial charge on any atom is 0.270 e. The van der Waals surface area contributed by atoms with Crippen LogP contribution in [-0.4, -0.2) is 32.7 Å². The summed E-state index contributed by atoms with van der Waals surface area (Å²) in [4.78, 5) is 40.2. The number of carbonyl (C=O) groups is 2. The lowest BCUT2D eigenvalue weighted by molar-refractivity contribution is -0.384. The van der Waals surface area contributed by atoms with Gasteiger partial charge in [0.15, 0.2) is 0 Å². The molecule has 0 spiro atoms. The molecule has 1 aromatic heterocycles. The predicted molar refractivity (Wildman–Crippen MR) is 191 cm³/mol. The van der Waals surface area contributed by atoms with Crippen molar-refractivity contribution in [1.82, 2.24) is 9.47 Å². The average Bonchev–Trinajstić information content (AvgIpc) is 3.39. The number of fused-ring (bicyclic) bond motifs is 3. The number of imide groups is 1. The van der Waals surface area contributed by atoms with E-state index in [1.165, 1.54) is 30.6 Å². The number of nitro benzene ring substituents is 1. The van der Waals surface area contributed by atoms with Crippen molar-refractivity contribution < 1.29 is 14.5 Å². The van der Waals surface area contributed by atoms with Crippen LogP contribution in [0.15, 0.2) is 66.7 Å². The average molecular weight is 632 g/mol. The summed E-state index contributed by atoms with van der Waals surface area (Å²) in [6.45, 7) is 7.93. The van der Waals surface area contributed by atoms with Crippen LogP contribution in [0.1, 0.15) is 106 Å². The second-order valence-corrected chi connectivity index (χ2v) is 13.1. The van der Waals surface area contributed by atoms with E-state index in [2.05, 4.69) is 43.5 Å². The molecule has 244 valence electrons. The smallest absolute Gasteiger partial charge is 0.270 e. The van der Waals surface area contributed by atoms with Gasteiger partial charge in [-0.1, -0.05) is 96.4 Å². The minimum Gasteiger partial charge on any atom is -0.340 e. The van der Waals surface area contributed by atoms with Gasteiger partial charge >= 0.3 is 0 Å². The molecule has 0 saturated heterocycles. The van der Waals surface area contributed by atoms with E-state index in [0.717, 1.165) is 83.4 Å². The zero-order chi connectivity index (χ0) is 33.1. The SMILES string of the molecule is CCCCCCCCN1C(=O)c2cccc3c(-c4ccc5c(c4)c4cc([N+](=O)[O-])ccc4n5CC(CC)CCCC)ccc(c23)C1=O. The lowest BCUT2D eigenvalue weighted by Crippen LogP contribution is -2.40. The minimum absolute atomic E-state index is 0.0732. The standard InChI is InChI=1S/C40H45N3O4/c1-4-7-9-10-11-12-23-41-39(44)32-16-13-15-31-30(19-20-33(38(31)32)40(41)45)28-17-21-36-34(24-28)35-25-29(43(46)47)18-22-37(35)42(36)26-27(6-3)14-8-5-2/h13,15-22,24-25,27H,4-12,14,23,26H2,1-3H3. The number of non-ortho nitro benzene ring substituents is 1. The molecule has 0 aliphatic carbocycles. The first-order valence-corrected chi connectivity index (χ1v) is 17.5. The van der Waals surface area contributed by atoms with Crippen molar-refractivity contribution >= 4 is 50.1 Å². The zero-order valence-electron chi connectivity index (χ0n) is 27.9. The number of hydrogen-bond acceptors (Lipinski definition) is 4. The first-order valence-electron chi connectivity index (χ1n) is 17.5. The number of rotatable bonds is 15. The van der Waals surface area contributed by atoms with Gasteiger partial charge in [-0.05, 0) is 65.6 Å². The van der Waals surface area contributed by atoms with Crippen LogP contribution in [0.2, 0.25) is 0 Å². The van der Waals surface area contributed by atoms with Crippen molar-refractivity contribution in [3.8, 4) is 11.1 Å². The summed E-state index contributed by atoms with van der Waals surface area (Å²) in [5, 5.41) is 15.2. The highest BCUT2D eigenvalue weighted by Crippen LogP contribution is 2.40. The van der Waals surface area contributed by atoms with Gasteiger partial charge in [0.1, 0.15) is 0 Å². The Kier molecular flexibility index (Phi) is 9.71. The molecular formula is C40H45N3O4. The van der Waals surface area contributed by atoms with E-state index in [9.17, 15) is 19.7 Å². The van der Waals surface area contributed by atoms with Crippen LogP contribution in [0.5, 0.6) is 0 Å². The highest BCUT2D eigenvalue weighted by Gasteiger charge is 2.33. The Labute approximate surface area is 276 Å². The molecule has 1 atom stereocenters. The molecule has 4 aromatic carbocycles. The van der Waals surface area contributed by atoms with Gasteiger partial charge in [-0.25, -0.2) is 0 Å². The number of nitro groups is 1. The van der Waals surface area contributed by atoms with Crippen molar-refractivity contribution in [2.75, 3.05) is 6.54 Å². The lowest BCUT2D eigenvalue weighted by Gasteiger charge is -2.28. The Balaban J connectivity index is 1.41. The molecule has 7 heteroatoms. The Hall–Kier alpha value is -4.52. The quantitative estimate of drug-likeness (QED) is 0.0498. The fourth-order valence-corrected chi connectivity index (χ4v) is 7.40. The van der Waals surface area contributed by atoms with E-state index >= 15 is 0 Å². The highest BCUT2D eigenvalue weighted by atomic mass is 16.6. The summed E-state index contributed by atoms with van der Waals surface area (Å²) in [5.74, 6) is 0.0659. The first kappa shape index (κ1) is 32.4. The number of benzene rings is 4. The number of unbranched alkanes of at least 4 members (excludes halogenated alkanes) is 6. The first-order chi connectivity index (χ1) is 22.9. The maximum atomic E-state index is 13.7. The normalized spacial score (nSPS) is 13.7. The maximum absolute atomic E-state index is 13.7. The molecule has 0 saturated carbocycles. The van der Waals surface area contributed by atoms with E-state index in [-0.39, 0.29) is 22.4 Å². The molecule has 0 radical (unpaired) electrons. The molecular weight excluding hydrogens is 586 g/mol. The molecule has 0 bridgehead atoms. The van der Waals surface area contributed by atoms with Crippen LogP contribution in [-0.2, 0) is 6.54 Å². The summed E-state index contributed by atoms with van der Waals surface area (Å²) in [6, 6.07) is 21.1. The van der Waals surface area contributed by atoms with E-state index in [1.807, 2.05) is 36.4 Å². The third kappa shape index (κ3) is 6.16. The van der Waals surface area contributed by atoms with E-state index in [1.54, 1.807) is 12.1 Å². The van der Waals surface area contributed by atoms with Crippen molar-refractivity contribution in [2.24, 2.45) is 5.92 Å². The monoisotopic (exact) mass is 631 g/mol. The molecule has 0 N–H and O–H groups in total. The number of nitrogens with zero attached hydrogens (tertiary/aromatic N) is 3.